The van der Waals surface area contributed by atoms with Crippen molar-refractivity contribution in [3.05, 3.63) is 77.6 Å². The molecule has 0 bridgehead atoms. The Morgan fingerprint density at radius 1 is 1.07 bits per heavy atom. The second-order valence-electron chi connectivity index (χ2n) is 6.52. The van der Waals surface area contributed by atoms with E-state index in [9.17, 15) is 9.59 Å². The molecule has 0 unspecified atom stereocenters. The lowest BCUT2D eigenvalue weighted by atomic mass is 10.0. The van der Waals surface area contributed by atoms with Gasteiger partial charge in [0.25, 0.3) is 5.91 Å². The first-order chi connectivity index (χ1) is 13.6. The highest BCUT2D eigenvalue weighted by Crippen LogP contribution is 2.25. The van der Waals surface area contributed by atoms with Gasteiger partial charge in [-0.1, -0.05) is 72.7 Å². The summed E-state index contributed by atoms with van der Waals surface area (Å²) in [5.41, 5.74) is 2.51. The molecule has 1 atom stereocenters. The summed E-state index contributed by atoms with van der Waals surface area (Å²) in [6.07, 6.45) is 0. The van der Waals surface area contributed by atoms with Crippen molar-refractivity contribution < 1.29 is 18.8 Å². The summed E-state index contributed by atoms with van der Waals surface area (Å²) in [4.78, 5) is 24.5. The van der Waals surface area contributed by atoms with Crippen LogP contribution in [0.4, 0.5) is 0 Å². The van der Waals surface area contributed by atoms with E-state index in [0.717, 1.165) is 11.1 Å². The Bertz CT molecular complexity index is 936. The van der Waals surface area contributed by atoms with Crippen LogP contribution in [0.3, 0.4) is 0 Å². The Hall–Kier alpha value is -3.41. The number of nitrogens with zero attached hydrogens (tertiary/aromatic N) is 1. The van der Waals surface area contributed by atoms with Gasteiger partial charge < -0.3 is 14.6 Å². The Labute approximate surface area is 163 Å². The first-order valence-electron chi connectivity index (χ1n) is 9.06. The van der Waals surface area contributed by atoms with Crippen LogP contribution in [0.25, 0.3) is 11.3 Å². The number of rotatable bonds is 7. The number of benzene rings is 2. The zero-order valence-corrected chi connectivity index (χ0v) is 15.8. The van der Waals surface area contributed by atoms with Crippen LogP contribution < -0.4 is 5.32 Å². The van der Waals surface area contributed by atoms with E-state index in [1.54, 1.807) is 6.92 Å². The molecule has 1 N–H and O–H groups in total. The Morgan fingerprint density at radius 3 is 2.39 bits per heavy atom. The second-order valence-corrected chi connectivity index (χ2v) is 6.52. The summed E-state index contributed by atoms with van der Waals surface area (Å²) >= 11 is 0. The number of hydrogen-bond acceptors (Lipinski definition) is 5. The van der Waals surface area contributed by atoms with Crippen LogP contribution in [0.15, 0.2) is 65.2 Å². The number of esters is 1. The summed E-state index contributed by atoms with van der Waals surface area (Å²) in [5, 5.41) is 6.74. The molecule has 0 spiro atoms. The molecule has 1 amide bonds. The van der Waals surface area contributed by atoms with E-state index >= 15 is 0 Å². The molecular weight excluding hydrogens is 356 g/mol. The first-order valence-corrected chi connectivity index (χ1v) is 9.06. The molecule has 28 heavy (non-hydrogen) atoms. The van der Waals surface area contributed by atoms with Gasteiger partial charge in [-0.05, 0) is 18.4 Å². The smallest absolute Gasteiger partial charge is 0.344 e. The molecule has 2 aromatic carbocycles. The lowest BCUT2D eigenvalue weighted by molar-refractivity contribution is -0.124. The van der Waals surface area contributed by atoms with Crippen molar-refractivity contribution >= 4 is 11.9 Å². The van der Waals surface area contributed by atoms with E-state index in [0.29, 0.717) is 18.0 Å². The maximum atomic E-state index is 12.5. The van der Waals surface area contributed by atoms with Gasteiger partial charge in [-0.25, -0.2) is 4.79 Å². The number of ether oxygens (including phenoxy) is 1. The third-order valence-electron chi connectivity index (χ3n) is 4.42. The van der Waals surface area contributed by atoms with E-state index in [2.05, 4.69) is 10.5 Å². The van der Waals surface area contributed by atoms with Crippen molar-refractivity contribution in [2.45, 2.75) is 19.8 Å². The quantitative estimate of drug-likeness (QED) is 0.634. The van der Waals surface area contributed by atoms with Gasteiger partial charge >= 0.3 is 5.97 Å². The van der Waals surface area contributed by atoms with E-state index in [1.165, 1.54) is 0 Å². The SMILES string of the molecule is Cc1onc(-c2ccccc2)c1C(=O)OCC(=O)NC[C@@H](C)c1ccccc1. The van der Waals surface area contributed by atoms with Gasteiger partial charge in [-0.3, -0.25) is 4.79 Å². The summed E-state index contributed by atoms with van der Waals surface area (Å²) in [7, 11) is 0. The normalized spacial score (nSPS) is 11.6. The molecular formula is C22H22N2O4. The first kappa shape index (κ1) is 19.4. The lowest BCUT2D eigenvalue weighted by Crippen LogP contribution is -2.31. The minimum atomic E-state index is -0.635. The molecule has 3 aromatic rings. The third kappa shape index (κ3) is 4.65. The second kappa shape index (κ2) is 8.99. The van der Waals surface area contributed by atoms with Gasteiger partial charge in [-0.15, -0.1) is 0 Å². The Kier molecular flexibility index (Phi) is 6.22. The van der Waals surface area contributed by atoms with Crippen LogP contribution in [0.1, 0.15) is 34.5 Å². The summed E-state index contributed by atoms with van der Waals surface area (Å²) in [6.45, 7) is 3.76. The number of carbonyl (C=O) groups is 2. The maximum absolute atomic E-state index is 12.5. The van der Waals surface area contributed by atoms with Crippen LogP contribution in [-0.2, 0) is 9.53 Å². The molecule has 0 fully saturated rings. The molecule has 1 aromatic heterocycles. The molecule has 6 heteroatoms. The van der Waals surface area contributed by atoms with Crippen LogP contribution in [0.2, 0.25) is 0 Å². The van der Waals surface area contributed by atoms with Crippen molar-refractivity contribution in [1.82, 2.24) is 10.5 Å². The number of carbonyl (C=O) groups excluding carboxylic acids is 2. The van der Waals surface area contributed by atoms with Crippen molar-refractivity contribution in [3.63, 3.8) is 0 Å². The molecule has 0 aliphatic rings. The highest BCUT2D eigenvalue weighted by Gasteiger charge is 2.23. The molecule has 0 saturated heterocycles. The average molecular weight is 378 g/mol. The highest BCUT2D eigenvalue weighted by atomic mass is 16.5. The number of hydrogen-bond donors (Lipinski definition) is 1. The van der Waals surface area contributed by atoms with Crippen LogP contribution >= 0.6 is 0 Å². The average Bonchev–Trinajstić information content (AvgIpc) is 3.13. The predicted molar refractivity (Wildman–Crippen MR) is 105 cm³/mol. The van der Waals surface area contributed by atoms with E-state index in [-0.39, 0.29) is 24.0 Å². The molecule has 0 aliphatic carbocycles. The van der Waals surface area contributed by atoms with Crippen LogP contribution in [0, 0.1) is 6.92 Å². The third-order valence-corrected chi connectivity index (χ3v) is 4.42. The number of amides is 1. The Balaban J connectivity index is 1.56. The van der Waals surface area contributed by atoms with Gasteiger partial charge in [0.05, 0.1) is 0 Å². The molecule has 0 saturated carbocycles. The molecule has 0 aliphatic heterocycles. The molecule has 0 radical (unpaired) electrons. The number of aromatic nitrogens is 1. The Morgan fingerprint density at radius 2 is 1.71 bits per heavy atom. The van der Waals surface area contributed by atoms with Gasteiger partial charge in [0.2, 0.25) is 0 Å². The zero-order chi connectivity index (χ0) is 19.9. The minimum absolute atomic E-state index is 0.158. The maximum Gasteiger partial charge on any atom is 0.344 e. The van der Waals surface area contributed by atoms with Gasteiger partial charge in [0, 0.05) is 12.1 Å². The summed E-state index contributed by atoms with van der Waals surface area (Å²) in [5.74, 6) is -0.483. The molecule has 1 heterocycles. The van der Waals surface area contributed by atoms with Crippen molar-refractivity contribution in [3.8, 4) is 11.3 Å². The number of nitrogens with one attached hydrogen (secondary N) is 1. The van der Waals surface area contributed by atoms with E-state index in [4.69, 9.17) is 9.26 Å². The molecule has 6 nitrogen and oxygen atoms in total. The lowest BCUT2D eigenvalue weighted by Gasteiger charge is -2.13. The number of aryl methyl sites for hydroxylation is 1. The fraction of sp³-hybridized carbons (Fsp3) is 0.227. The van der Waals surface area contributed by atoms with Crippen molar-refractivity contribution in [1.29, 1.82) is 0 Å². The van der Waals surface area contributed by atoms with Crippen molar-refractivity contribution in [2.24, 2.45) is 0 Å². The van der Waals surface area contributed by atoms with Crippen LogP contribution in [-0.4, -0.2) is 30.2 Å². The topological polar surface area (TPSA) is 81.4 Å². The molecule has 144 valence electrons. The molecule has 3 rings (SSSR count). The fourth-order valence-corrected chi connectivity index (χ4v) is 2.83. The van der Waals surface area contributed by atoms with Crippen LogP contribution in [0.5, 0.6) is 0 Å². The highest BCUT2D eigenvalue weighted by molar-refractivity contribution is 5.98. The van der Waals surface area contributed by atoms with Gasteiger partial charge in [0.1, 0.15) is 17.0 Å². The summed E-state index contributed by atoms with van der Waals surface area (Å²) < 4.78 is 10.3. The minimum Gasteiger partial charge on any atom is -0.452 e. The zero-order valence-electron chi connectivity index (χ0n) is 15.8. The van der Waals surface area contributed by atoms with Gasteiger partial charge in [-0.2, -0.15) is 0 Å². The standard InChI is InChI=1S/C22H22N2O4/c1-15(17-9-5-3-6-10-17)13-23-19(25)14-27-22(26)20-16(2)28-24-21(20)18-11-7-4-8-12-18/h3-12,15H,13-14H2,1-2H3,(H,23,25)/t15-/m1/s1. The van der Waals surface area contributed by atoms with E-state index < -0.39 is 5.97 Å². The monoisotopic (exact) mass is 378 g/mol. The van der Waals surface area contributed by atoms with Gasteiger partial charge in [0.15, 0.2) is 6.61 Å². The fourth-order valence-electron chi connectivity index (χ4n) is 2.83. The van der Waals surface area contributed by atoms with Crippen molar-refractivity contribution in [2.75, 3.05) is 13.2 Å². The predicted octanol–water partition coefficient (Wildman–Crippen LogP) is 3.73. The van der Waals surface area contributed by atoms with E-state index in [1.807, 2.05) is 67.6 Å². The summed E-state index contributed by atoms with van der Waals surface area (Å²) in [6, 6.07) is 19.1. The largest absolute Gasteiger partial charge is 0.452 e.